The first-order valence-corrected chi connectivity index (χ1v) is 8.26. The van der Waals surface area contributed by atoms with Gasteiger partial charge in [0.05, 0.1) is 16.6 Å². The van der Waals surface area contributed by atoms with Crippen LogP contribution in [0.25, 0.3) is 21.9 Å². The number of carbonyl (C=O) groups is 1. The number of nitrogens with zero attached hydrogens (tertiary/aromatic N) is 1. The van der Waals surface area contributed by atoms with Crippen LogP contribution in [-0.4, -0.2) is 16.1 Å². The van der Waals surface area contributed by atoms with Gasteiger partial charge in [0.2, 0.25) is 0 Å². The average Bonchev–Trinajstić information content (AvgIpc) is 2.92. The van der Waals surface area contributed by atoms with Crippen LogP contribution in [-0.2, 0) is 4.79 Å². The lowest BCUT2D eigenvalue weighted by atomic mass is 10.1. The van der Waals surface area contributed by atoms with Crippen molar-refractivity contribution < 1.29 is 9.90 Å². The number of fused-ring (bicyclic) bond motifs is 1. The second-order valence-electron chi connectivity index (χ2n) is 4.78. The number of para-hydroxylation sites is 1. The predicted molar refractivity (Wildman–Crippen MR) is 93.9 cm³/mol. The lowest BCUT2D eigenvalue weighted by Gasteiger charge is -2.02. The molecule has 0 saturated heterocycles. The van der Waals surface area contributed by atoms with Crippen molar-refractivity contribution in [1.82, 2.24) is 4.98 Å². The molecule has 0 saturated carbocycles. The number of thiazole rings is 1. The molecule has 0 atom stereocenters. The fraction of sp³-hybridized carbons (Fsp3) is 0.0588. The lowest BCUT2D eigenvalue weighted by molar-refractivity contribution is -0.135. The van der Waals surface area contributed by atoms with E-state index in [-0.39, 0.29) is 6.42 Å². The second kappa shape index (κ2) is 6.42. The second-order valence-corrected chi connectivity index (χ2v) is 6.72. The number of aromatic nitrogens is 1. The van der Waals surface area contributed by atoms with Crippen molar-refractivity contribution in [2.45, 2.75) is 6.42 Å². The van der Waals surface area contributed by atoms with Crippen molar-refractivity contribution in [3.63, 3.8) is 0 Å². The smallest absolute Gasteiger partial charge is 0.307 e. The number of rotatable bonds is 4. The van der Waals surface area contributed by atoms with Gasteiger partial charge in [-0.15, -0.1) is 11.3 Å². The molecule has 1 N–H and O–H groups in total. The highest BCUT2D eigenvalue weighted by molar-refractivity contribution is 9.10. The highest BCUT2D eigenvalue weighted by atomic mass is 79.9. The van der Waals surface area contributed by atoms with Gasteiger partial charge < -0.3 is 5.11 Å². The molecule has 0 unspecified atom stereocenters. The summed E-state index contributed by atoms with van der Waals surface area (Å²) >= 11 is 4.91. The number of carboxylic acid groups (broad SMARTS) is 1. The molecule has 0 radical (unpaired) electrons. The summed E-state index contributed by atoms with van der Waals surface area (Å²) < 4.78 is 2.05. The molecule has 0 fully saturated rings. The number of benzene rings is 2. The van der Waals surface area contributed by atoms with Gasteiger partial charge in [-0.2, -0.15) is 0 Å². The van der Waals surface area contributed by atoms with Gasteiger partial charge in [0.15, 0.2) is 0 Å². The molecule has 3 aromatic rings. The van der Waals surface area contributed by atoms with Crippen LogP contribution in [0.5, 0.6) is 0 Å². The summed E-state index contributed by atoms with van der Waals surface area (Å²) in [4.78, 5) is 15.7. The average molecular weight is 374 g/mol. The van der Waals surface area contributed by atoms with E-state index in [1.54, 1.807) is 0 Å². The first-order chi connectivity index (χ1) is 10.6. The first-order valence-electron chi connectivity index (χ1n) is 6.66. The monoisotopic (exact) mass is 373 g/mol. The van der Waals surface area contributed by atoms with Gasteiger partial charge in [-0.3, -0.25) is 4.79 Å². The molecule has 3 nitrogen and oxygen atoms in total. The standard InChI is InChI=1S/C17H12BrNO2S/c18-13-7-5-11(6-8-13)9-12(10-16(20)21)17-19-14-3-1-2-4-15(14)22-17/h1-9H,10H2,(H,20,21)/b12-9-. The normalized spacial score (nSPS) is 11.8. The highest BCUT2D eigenvalue weighted by Gasteiger charge is 2.12. The molecule has 0 spiro atoms. The summed E-state index contributed by atoms with van der Waals surface area (Å²) in [7, 11) is 0. The molecule has 110 valence electrons. The first kappa shape index (κ1) is 14.9. The third-order valence-electron chi connectivity index (χ3n) is 3.12. The van der Waals surface area contributed by atoms with Crippen molar-refractivity contribution in [2.24, 2.45) is 0 Å². The number of aliphatic carboxylic acids is 1. The van der Waals surface area contributed by atoms with Gasteiger partial charge in [-0.25, -0.2) is 4.98 Å². The van der Waals surface area contributed by atoms with E-state index in [9.17, 15) is 9.90 Å². The maximum Gasteiger partial charge on any atom is 0.307 e. The van der Waals surface area contributed by atoms with Crippen LogP contribution < -0.4 is 0 Å². The molecule has 0 bridgehead atoms. The van der Waals surface area contributed by atoms with Crippen LogP contribution >= 0.6 is 27.3 Å². The van der Waals surface area contributed by atoms with Crippen LogP contribution in [0.3, 0.4) is 0 Å². The van der Waals surface area contributed by atoms with Gasteiger partial charge in [0.1, 0.15) is 5.01 Å². The summed E-state index contributed by atoms with van der Waals surface area (Å²) in [6.07, 6.45) is 1.84. The van der Waals surface area contributed by atoms with E-state index < -0.39 is 5.97 Å². The van der Waals surface area contributed by atoms with Crippen molar-refractivity contribution in [2.75, 3.05) is 0 Å². The molecule has 22 heavy (non-hydrogen) atoms. The molecule has 0 amide bonds. The minimum Gasteiger partial charge on any atom is -0.481 e. The third-order valence-corrected chi connectivity index (χ3v) is 4.76. The molecular weight excluding hydrogens is 362 g/mol. The Kier molecular flexibility index (Phi) is 4.36. The zero-order valence-electron chi connectivity index (χ0n) is 11.5. The summed E-state index contributed by atoms with van der Waals surface area (Å²) in [6, 6.07) is 15.6. The van der Waals surface area contributed by atoms with Crippen LogP contribution in [0.1, 0.15) is 17.0 Å². The largest absolute Gasteiger partial charge is 0.481 e. The van der Waals surface area contributed by atoms with Crippen molar-refractivity contribution in [3.8, 4) is 0 Å². The molecule has 0 aliphatic heterocycles. The fourth-order valence-corrected chi connectivity index (χ4v) is 3.36. The molecule has 5 heteroatoms. The summed E-state index contributed by atoms with van der Waals surface area (Å²) in [5.74, 6) is -0.859. The number of hydrogen-bond donors (Lipinski definition) is 1. The van der Waals surface area contributed by atoms with Gasteiger partial charge in [-0.05, 0) is 41.5 Å². The van der Waals surface area contributed by atoms with Crippen LogP contribution in [0.15, 0.2) is 53.0 Å². The van der Waals surface area contributed by atoms with Crippen molar-refractivity contribution >= 4 is 55.1 Å². The van der Waals surface area contributed by atoms with Gasteiger partial charge in [-0.1, -0.05) is 40.2 Å². The topological polar surface area (TPSA) is 50.2 Å². The van der Waals surface area contributed by atoms with E-state index in [1.807, 2.05) is 54.6 Å². The molecule has 3 rings (SSSR count). The highest BCUT2D eigenvalue weighted by Crippen LogP contribution is 2.30. The zero-order valence-corrected chi connectivity index (χ0v) is 13.9. The molecule has 1 aromatic heterocycles. The van der Waals surface area contributed by atoms with Crippen LogP contribution in [0.4, 0.5) is 0 Å². The lowest BCUT2D eigenvalue weighted by Crippen LogP contribution is -1.96. The van der Waals surface area contributed by atoms with Gasteiger partial charge in [0, 0.05) is 4.47 Å². The van der Waals surface area contributed by atoms with Gasteiger partial charge in [0.25, 0.3) is 0 Å². The molecule has 1 heterocycles. The Labute approximate surface area is 140 Å². The SMILES string of the molecule is O=C(O)C/C(=C/c1ccc(Br)cc1)c1nc2ccccc2s1. The minimum atomic E-state index is -0.859. The summed E-state index contributed by atoms with van der Waals surface area (Å²) in [5.41, 5.74) is 2.57. The summed E-state index contributed by atoms with van der Waals surface area (Å²) in [5, 5.41) is 9.93. The Morgan fingerprint density at radius 1 is 1.18 bits per heavy atom. The number of hydrogen-bond acceptors (Lipinski definition) is 3. The Morgan fingerprint density at radius 2 is 1.91 bits per heavy atom. The number of halogens is 1. The predicted octanol–water partition coefficient (Wildman–Crippen LogP) is 5.07. The Balaban J connectivity index is 2.05. The Bertz CT molecular complexity index is 819. The van der Waals surface area contributed by atoms with E-state index in [4.69, 9.17) is 0 Å². The zero-order chi connectivity index (χ0) is 15.5. The number of carboxylic acids is 1. The van der Waals surface area contributed by atoms with E-state index in [2.05, 4.69) is 20.9 Å². The third kappa shape index (κ3) is 3.43. The maximum absolute atomic E-state index is 11.2. The van der Waals surface area contributed by atoms with Crippen molar-refractivity contribution in [3.05, 3.63) is 63.6 Å². The molecular formula is C17H12BrNO2S. The van der Waals surface area contributed by atoms with E-state index in [0.29, 0.717) is 0 Å². The van der Waals surface area contributed by atoms with Crippen LogP contribution in [0, 0.1) is 0 Å². The van der Waals surface area contributed by atoms with Crippen molar-refractivity contribution in [1.29, 1.82) is 0 Å². The molecule has 0 aliphatic carbocycles. The van der Waals surface area contributed by atoms with Gasteiger partial charge >= 0.3 is 5.97 Å². The maximum atomic E-state index is 11.2. The Morgan fingerprint density at radius 3 is 2.59 bits per heavy atom. The summed E-state index contributed by atoms with van der Waals surface area (Å²) in [6.45, 7) is 0. The van der Waals surface area contributed by atoms with E-state index >= 15 is 0 Å². The van der Waals surface area contributed by atoms with E-state index in [0.717, 1.165) is 30.8 Å². The van der Waals surface area contributed by atoms with E-state index in [1.165, 1.54) is 11.3 Å². The Hall–Kier alpha value is -1.98. The quantitative estimate of drug-likeness (QED) is 0.693. The molecule has 0 aliphatic rings. The molecule has 2 aromatic carbocycles. The van der Waals surface area contributed by atoms with Crippen LogP contribution in [0.2, 0.25) is 0 Å². The fourth-order valence-electron chi connectivity index (χ4n) is 2.12. The minimum absolute atomic E-state index is 0.0457.